The molecule has 0 aliphatic carbocycles. The van der Waals surface area contributed by atoms with Crippen molar-refractivity contribution in [1.29, 1.82) is 0 Å². The van der Waals surface area contributed by atoms with Crippen molar-refractivity contribution in [2.75, 3.05) is 13.5 Å². The van der Waals surface area contributed by atoms with E-state index in [1.807, 2.05) is 0 Å². The highest BCUT2D eigenvalue weighted by molar-refractivity contribution is 7.81. The molecule has 13 heavy (non-hydrogen) atoms. The molecule has 10 nitrogen and oxygen atoms in total. The molecule has 0 amide bonds. The molecule has 0 unspecified atom stereocenters. The van der Waals surface area contributed by atoms with E-state index in [0.717, 1.165) is 0 Å². The maximum Gasteiger partial charge on any atom is 0.410 e. The van der Waals surface area contributed by atoms with E-state index in [1.165, 1.54) is 0 Å². The third-order valence-corrected chi connectivity index (χ3v) is 1.39. The van der Waals surface area contributed by atoms with Gasteiger partial charge in [0.15, 0.2) is 0 Å². The molecule has 0 atom stereocenters. The Morgan fingerprint density at radius 3 is 1.54 bits per heavy atom. The maximum atomic E-state index is 10.4. The largest absolute Gasteiger partial charge is 0.410 e. The Bertz CT molecular complexity index is 269. The van der Waals surface area contributed by atoms with Gasteiger partial charge in [-0.2, -0.15) is 16.8 Å². The summed E-state index contributed by atoms with van der Waals surface area (Å²) in [4.78, 5) is 17.1. The highest BCUT2D eigenvalue weighted by Gasteiger charge is 2.18. The number of rotatable bonds is 6. The number of nitrogens with zero attached hydrogens (tertiary/aromatic N) is 2. The summed E-state index contributed by atoms with van der Waals surface area (Å²) in [5.74, 6) is 0. The van der Waals surface area contributed by atoms with Crippen LogP contribution in [0.3, 0.4) is 0 Å². The molecule has 76 valence electrons. The molecule has 0 saturated heterocycles. The van der Waals surface area contributed by atoms with E-state index in [-0.39, 0.29) is 0 Å². The van der Waals surface area contributed by atoms with Crippen molar-refractivity contribution < 1.29 is 26.6 Å². The molecule has 0 radical (unpaired) electrons. The van der Waals surface area contributed by atoms with Crippen LogP contribution in [0.4, 0.5) is 0 Å². The summed E-state index contributed by atoms with van der Waals surface area (Å²) in [6.45, 7) is -2.67. The minimum atomic E-state index is -4.66. The molecule has 0 aliphatic rings. The molecule has 0 saturated carbocycles. The lowest BCUT2D eigenvalue weighted by Crippen LogP contribution is -2.18. The van der Waals surface area contributed by atoms with Crippen molar-refractivity contribution in [3.05, 3.63) is 20.2 Å². The van der Waals surface area contributed by atoms with E-state index in [9.17, 15) is 28.6 Å². The van der Waals surface area contributed by atoms with E-state index in [1.54, 1.807) is 0 Å². The fraction of sp³-hybridized carbons (Fsp3) is 1.00. The average molecular weight is 216 g/mol. The smallest absolute Gasteiger partial charge is 0.262 e. The summed E-state index contributed by atoms with van der Waals surface area (Å²) in [7, 11) is -4.66. The molecule has 0 aromatic rings. The molecule has 0 bridgehead atoms. The zero-order valence-corrected chi connectivity index (χ0v) is 6.80. The van der Waals surface area contributed by atoms with Crippen molar-refractivity contribution in [3.63, 3.8) is 0 Å². The van der Waals surface area contributed by atoms with Gasteiger partial charge in [0.1, 0.15) is 0 Å². The third-order valence-electron chi connectivity index (χ3n) is 0.605. The second kappa shape index (κ2) is 4.64. The van der Waals surface area contributed by atoms with Gasteiger partial charge in [-0.3, -0.25) is 20.2 Å². The SMILES string of the molecule is O=[N+]([O-])COS(=O)(=O)OC[N+](=O)[O-]. The molecular formula is C2H4N2O8S. The lowest BCUT2D eigenvalue weighted by molar-refractivity contribution is -0.521. The van der Waals surface area contributed by atoms with E-state index in [2.05, 4.69) is 8.37 Å². The van der Waals surface area contributed by atoms with Gasteiger partial charge in [-0.1, -0.05) is 0 Å². The summed E-state index contributed by atoms with van der Waals surface area (Å²) in [5, 5.41) is 19.2. The minimum absolute atomic E-state index is 1.08. The van der Waals surface area contributed by atoms with Crippen LogP contribution in [-0.2, 0) is 18.8 Å². The molecule has 11 heteroatoms. The highest BCUT2D eigenvalue weighted by atomic mass is 32.3. The van der Waals surface area contributed by atoms with E-state index < -0.39 is 33.7 Å². The molecular weight excluding hydrogens is 212 g/mol. The van der Waals surface area contributed by atoms with Crippen LogP contribution in [0, 0.1) is 20.2 Å². The van der Waals surface area contributed by atoms with Crippen LogP contribution in [0.15, 0.2) is 0 Å². The van der Waals surface area contributed by atoms with Crippen molar-refractivity contribution in [3.8, 4) is 0 Å². The van der Waals surface area contributed by atoms with E-state index >= 15 is 0 Å². The Hall–Kier alpha value is -1.33. The van der Waals surface area contributed by atoms with Gasteiger partial charge < -0.3 is 0 Å². The molecule has 0 aromatic heterocycles. The van der Waals surface area contributed by atoms with Crippen molar-refractivity contribution >= 4 is 10.4 Å². The Labute approximate surface area is 71.7 Å². The molecule has 0 rings (SSSR count). The van der Waals surface area contributed by atoms with Gasteiger partial charge in [0, 0.05) is 0 Å². The number of nitro groups is 2. The van der Waals surface area contributed by atoms with Gasteiger partial charge in [0.05, 0.1) is 9.85 Å². The Balaban J connectivity index is 3.95. The van der Waals surface area contributed by atoms with Crippen LogP contribution in [0.25, 0.3) is 0 Å². The van der Waals surface area contributed by atoms with Crippen LogP contribution in [-0.4, -0.2) is 31.7 Å². The van der Waals surface area contributed by atoms with Crippen molar-refractivity contribution in [2.24, 2.45) is 0 Å². The monoisotopic (exact) mass is 216 g/mol. The lowest BCUT2D eigenvalue weighted by atomic mass is 11.4. The first-order valence-electron chi connectivity index (χ1n) is 2.61. The van der Waals surface area contributed by atoms with Gasteiger partial charge in [0.25, 0.3) is 0 Å². The molecule has 0 spiro atoms. The van der Waals surface area contributed by atoms with Gasteiger partial charge in [0.2, 0.25) is 0 Å². The maximum absolute atomic E-state index is 10.4. The normalized spacial score (nSPS) is 11.1. The summed E-state index contributed by atoms with van der Waals surface area (Å²) in [6, 6.07) is 0. The first-order chi connectivity index (χ1) is 5.83. The predicted molar refractivity (Wildman–Crippen MR) is 34.8 cm³/mol. The third kappa shape index (κ3) is 7.04. The first kappa shape index (κ1) is 11.7. The van der Waals surface area contributed by atoms with Crippen LogP contribution in [0.5, 0.6) is 0 Å². The van der Waals surface area contributed by atoms with Crippen LogP contribution >= 0.6 is 0 Å². The van der Waals surface area contributed by atoms with E-state index in [4.69, 9.17) is 0 Å². The number of hydrogen-bond acceptors (Lipinski definition) is 8. The fourth-order valence-corrected chi connectivity index (χ4v) is 0.748. The van der Waals surface area contributed by atoms with Crippen LogP contribution < -0.4 is 0 Å². The van der Waals surface area contributed by atoms with Gasteiger partial charge >= 0.3 is 23.9 Å². The van der Waals surface area contributed by atoms with Crippen molar-refractivity contribution in [1.82, 2.24) is 0 Å². The molecule has 0 aliphatic heterocycles. The summed E-state index contributed by atoms with van der Waals surface area (Å²) in [6.07, 6.45) is 0. The summed E-state index contributed by atoms with van der Waals surface area (Å²) >= 11 is 0. The standard InChI is InChI=1S/C2H4N2O8S/c5-3(6)1-11-13(9,10)12-2-4(7)8/h1-2H2. The quantitative estimate of drug-likeness (QED) is 0.304. The fourth-order valence-electron chi connectivity index (χ4n) is 0.249. The number of hydrogen-bond donors (Lipinski definition) is 0. The minimum Gasteiger partial charge on any atom is -0.262 e. The van der Waals surface area contributed by atoms with Crippen LogP contribution in [0.1, 0.15) is 0 Å². The second-order valence-electron chi connectivity index (χ2n) is 1.57. The highest BCUT2D eigenvalue weighted by Crippen LogP contribution is 1.95. The van der Waals surface area contributed by atoms with Gasteiger partial charge in [-0.05, 0) is 0 Å². The van der Waals surface area contributed by atoms with Crippen molar-refractivity contribution in [2.45, 2.75) is 0 Å². The zero-order valence-electron chi connectivity index (χ0n) is 5.98. The second-order valence-corrected chi connectivity index (χ2v) is 2.86. The lowest BCUT2D eigenvalue weighted by Gasteiger charge is -1.97. The first-order valence-corrected chi connectivity index (χ1v) is 3.94. The summed E-state index contributed by atoms with van der Waals surface area (Å²) < 4.78 is 27.9. The van der Waals surface area contributed by atoms with Gasteiger partial charge in [-0.25, -0.2) is 0 Å². The van der Waals surface area contributed by atoms with Gasteiger partial charge in [-0.15, -0.1) is 0 Å². The predicted octanol–water partition coefficient (Wildman–Crippen LogP) is -1.27. The average Bonchev–Trinajstić information content (AvgIpc) is 1.98. The molecule has 0 N–H and O–H groups in total. The van der Waals surface area contributed by atoms with E-state index in [0.29, 0.717) is 0 Å². The molecule has 0 fully saturated rings. The molecule has 0 heterocycles. The topological polar surface area (TPSA) is 139 Å². The Morgan fingerprint density at radius 2 is 1.31 bits per heavy atom. The Morgan fingerprint density at radius 1 is 1.00 bits per heavy atom. The molecule has 0 aromatic carbocycles. The zero-order chi connectivity index (χ0) is 10.5. The van der Waals surface area contributed by atoms with Crippen LogP contribution in [0.2, 0.25) is 0 Å². The summed E-state index contributed by atoms with van der Waals surface area (Å²) in [5.41, 5.74) is 0. The Kier molecular flexibility index (Phi) is 4.16.